The standard InChI is InChI=1S/C44H44F3NO5S/c1-28-8-22-37(29(2)25-28)38-23-21-36(27-40(38)44(45,46)47)48-42(50)39(26-30-9-11-34(12-10-30)41(49)7-6-24-54(51,52)53)33-15-13-31(14-16-33)32-17-19-35(20-18-32)43(3,4)5/h8-23,25,27,39H,6-7,24,26H2,1-5H3,(H,48,50)(H,51,52,53). The molecule has 0 aliphatic carbocycles. The van der Waals surface area contributed by atoms with Gasteiger partial charge >= 0.3 is 6.18 Å². The van der Waals surface area contributed by atoms with Gasteiger partial charge < -0.3 is 5.32 Å². The van der Waals surface area contributed by atoms with Crippen molar-refractivity contribution in [1.29, 1.82) is 0 Å². The monoisotopic (exact) mass is 755 g/mol. The summed E-state index contributed by atoms with van der Waals surface area (Å²) in [6.07, 6.45) is -4.60. The first-order chi connectivity index (χ1) is 25.3. The molecule has 6 nitrogen and oxygen atoms in total. The van der Waals surface area contributed by atoms with Crippen LogP contribution in [0.2, 0.25) is 0 Å². The zero-order valence-corrected chi connectivity index (χ0v) is 31.7. The van der Waals surface area contributed by atoms with Crippen LogP contribution in [0.4, 0.5) is 18.9 Å². The van der Waals surface area contributed by atoms with Crippen molar-refractivity contribution in [2.24, 2.45) is 0 Å². The van der Waals surface area contributed by atoms with Crippen molar-refractivity contribution in [1.82, 2.24) is 0 Å². The Balaban J connectivity index is 1.44. The van der Waals surface area contributed by atoms with E-state index in [0.29, 0.717) is 27.8 Å². The van der Waals surface area contributed by atoms with Crippen LogP contribution in [0, 0.1) is 13.8 Å². The van der Waals surface area contributed by atoms with Crippen LogP contribution in [0.1, 0.15) is 83.3 Å². The fourth-order valence-corrected chi connectivity index (χ4v) is 7.00. The van der Waals surface area contributed by atoms with Gasteiger partial charge in [-0.05, 0) is 88.7 Å². The minimum absolute atomic E-state index is 0.00163. The maximum absolute atomic E-state index is 14.5. The van der Waals surface area contributed by atoms with Crippen LogP contribution in [0.15, 0.2) is 109 Å². The first-order valence-electron chi connectivity index (χ1n) is 17.7. The lowest BCUT2D eigenvalue weighted by Crippen LogP contribution is -2.23. The maximum Gasteiger partial charge on any atom is 0.417 e. The molecule has 54 heavy (non-hydrogen) atoms. The number of carbonyl (C=O) groups is 2. The third kappa shape index (κ3) is 10.3. The smallest absolute Gasteiger partial charge is 0.326 e. The van der Waals surface area contributed by atoms with Gasteiger partial charge in [0.15, 0.2) is 5.78 Å². The average molecular weight is 756 g/mol. The molecule has 0 bridgehead atoms. The lowest BCUT2D eigenvalue weighted by molar-refractivity contribution is -0.137. The highest BCUT2D eigenvalue weighted by molar-refractivity contribution is 7.85. The van der Waals surface area contributed by atoms with Gasteiger partial charge in [0.25, 0.3) is 10.1 Å². The number of anilines is 1. The number of aryl methyl sites for hydroxylation is 2. The molecule has 282 valence electrons. The molecule has 0 radical (unpaired) electrons. The Morgan fingerprint density at radius 3 is 1.91 bits per heavy atom. The fraction of sp³-hybridized carbons (Fsp3) is 0.273. The van der Waals surface area contributed by atoms with E-state index in [1.54, 1.807) is 43.3 Å². The summed E-state index contributed by atoms with van der Waals surface area (Å²) in [6.45, 7) is 10.1. The molecule has 5 rings (SSSR count). The van der Waals surface area contributed by atoms with Crippen molar-refractivity contribution < 1.29 is 35.7 Å². The van der Waals surface area contributed by atoms with Crippen molar-refractivity contribution >= 4 is 27.5 Å². The van der Waals surface area contributed by atoms with Crippen molar-refractivity contribution in [2.75, 3.05) is 11.1 Å². The van der Waals surface area contributed by atoms with Crippen LogP contribution < -0.4 is 5.32 Å². The minimum Gasteiger partial charge on any atom is -0.326 e. The Morgan fingerprint density at radius 2 is 1.35 bits per heavy atom. The van der Waals surface area contributed by atoms with E-state index in [1.807, 2.05) is 49.4 Å². The number of carbonyl (C=O) groups excluding carboxylic acids is 2. The Kier molecular flexibility index (Phi) is 12.0. The summed E-state index contributed by atoms with van der Waals surface area (Å²) >= 11 is 0. The Hall–Kier alpha value is -5.06. The lowest BCUT2D eigenvalue weighted by Gasteiger charge is -2.21. The van der Waals surface area contributed by atoms with Gasteiger partial charge in [-0.1, -0.05) is 123 Å². The second-order valence-corrected chi connectivity index (χ2v) is 16.4. The van der Waals surface area contributed by atoms with E-state index in [2.05, 4.69) is 38.2 Å². The maximum atomic E-state index is 14.5. The molecule has 0 fully saturated rings. The summed E-state index contributed by atoms with van der Waals surface area (Å²) in [5.74, 6) is -2.13. The number of benzene rings is 5. The van der Waals surface area contributed by atoms with Gasteiger partial charge in [0.2, 0.25) is 5.91 Å². The number of ketones is 1. The van der Waals surface area contributed by atoms with Crippen LogP contribution >= 0.6 is 0 Å². The van der Waals surface area contributed by atoms with Gasteiger partial charge in [-0.15, -0.1) is 0 Å². The highest BCUT2D eigenvalue weighted by atomic mass is 32.2. The summed E-state index contributed by atoms with van der Waals surface area (Å²) in [4.78, 5) is 26.7. The van der Waals surface area contributed by atoms with E-state index in [0.717, 1.165) is 22.8 Å². The quantitative estimate of drug-likeness (QED) is 0.0975. The highest BCUT2D eigenvalue weighted by Gasteiger charge is 2.35. The Labute approximate surface area is 315 Å². The molecule has 0 saturated heterocycles. The minimum atomic E-state index is -4.68. The zero-order valence-electron chi connectivity index (χ0n) is 30.9. The summed E-state index contributed by atoms with van der Waals surface area (Å²) in [6, 6.07) is 31.4. The first kappa shape index (κ1) is 40.1. The molecule has 5 aromatic rings. The summed E-state index contributed by atoms with van der Waals surface area (Å²) < 4.78 is 74.4. The predicted octanol–water partition coefficient (Wildman–Crippen LogP) is 10.8. The number of rotatable bonds is 12. The Bertz CT molecular complexity index is 2240. The van der Waals surface area contributed by atoms with Crippen molar-refractivity contribution in [2.45, 2.75) is 71.4 Å². The number of Topliss-reactive ketones (excluding diaryl/α,β-unsaturated/α-hetero) is 1. The van der Waals surface area contributed by atoms with Crippen molar-refractivity contribution in [3.8, 4) is 22.3 Å². The van der Waals surface area contributed by atoms with E-state index in [-0.39, 0.29) is 41.7 Å². The molecule has 0 aliphatic heterocycles. The number of halogens is 3. The van der Waals surface area contributed by atoms with Gasteiger partial charge in [0.1, 0.15) is 0 Å². The molecule has 0 spiro atoms. The van der Waals surface area contributed by atoms with Gasteiger partial charge in [-0.2, -0.15) is 21.6 Å². The lowest BCUT2D eigenvalue weighted by atomic mass is 9.86. The first-order valence-corrected chi connectivity index (χ1v) is 19.3. The van der Waals surface area contributed by atoms with Crippen LogP contribution in [0.25, 0.3) is 22.3 Å². The highest BCUT2D eigenvalue weighted by Crippen LogP contribution is 2.40. The molecule has 0 heterocycles. The molecule has 0 aliphatic rings. The fourth-order valence-electron chi connectivity index (χ4n) is 6.49. The number of hydrogen-bond donors (Lipinski definition) is 2. The van der Waals surface area contributed by atoms with Crippen molar-refractivity contribution in [3.63, 3.8) is 0 Å². The van der Waals surface area contributed by atoms with Crippen molar-refractivity contribution in [3.05, 3.63) is 148 Å². The van der Waals surface area contributed by atoms with Crippen LogP contribution in [0.3, 0.4) is 0 Å². The van der Waals surface area contributed by atoms with Crippen LogP contribution in [0.5, 0.6) is 0 Å². The van der Waals surface area contributed by atoms with E-state index in [9.17, 15) is 31.2 Å². The van der Waals surface area contributed by atoms with E-state index in [1.165, 1.54) is 17.7 Å². The molecular formula is C44H44F3NO5S. The van der Waals surface area contributed by atoms with Crippen LogP contribution in [-0.4, -0.2) is 30.4 Å². The molecule has 1 amide bonds. The number of amides is 1. The third-order valence-corrected chi connectivity index (χ3v) is 10.3. The van der Waals surface area contributed by atoms with Gasteiger partial charge in [0.05, 0.1) is 17.2 Å². The average Bonchev–Trinajstić information content (AvgIpc) is 3.10. The number of alkyl halides is 3. The molecule has 0 aromatic heterocycles. The number of hydrogen-bond acceptors (Lipinski definition) is 4. The molecule has 0 saturated carbocycles. The predicted molar refractivity (Wildman–Crippen MR) is 208 cm³/mol. The SMILES string of the molecule is Cc1ccc(-c2ccc(NC(=O)C(Cc3ccc(C(=O)CCCS(=O)(=O)O)cc3)c3ccc(-c4ccc(C(C)(C)C)cc4)cc3)cc2C(F)(F)F)c(C)c1. The third-order valence-electron chi connectivity index (χ3n) is 9.50. The normalized spacial score (nSPS) is 12.7. The topological polar surface area (TPSA) is 101 Å². The van der Waals surface area contributed by atoms with Gasteiger partial charge in [-0.25, -0.2) is 0 Å². The van der Waals surface area contributed by atoms with Gasteiger partial charge in [0, 0.05) is 17.7 Å². The summed E-state index contributed by atoms with van der Waals surface area (Å²) in [7, 11) is -4.18. The molecule has 1 unspecified atom stereocenters. The van der Waals surface area contributed by atoms with E-state index < -0.39 is 39.4 Å². The molecular weight excluding hydrogens is 712 g/mol. The molecule has 1 atom stereocenters. The van der Waals surface area contributed by atoms with Crippen LogP contribution in [-0.2, 0) is 32.9 Å². The van der Waals surface area contributed by atoms with E-state index >= 15 is 0 Å². The zero-order chi connectivity index (χ0) is 39.4. The second kappa shape index (κ2) is 16.1. The molecule has 10 heteroatoms. The summed E-state index contributed by atoms with van der Waals surface area (Å²) in [5, 5.41) is 2.74. The number of nitrogens with one attached hydrogen (secondary N) is 1. The molecule has 5 aromatic carbocycles. The Morgan fingerprint density at radius 1 is 0.759 bits per heavy atom. The summed E-state index contributed by atoms with van der Waals surface area (Å²) in [5.41, 5.74) is 6.09. The largest absolute Gasteiger partial charge is 0.417 e. The molecule has 2 N–H and O–H groups in total. The van der Waals surface area contributed by atoms with Gasteiger partial charge in [-0.3, -0.25) is 14.1 Å². The second-order valence-electron chi connectivity index (χ2n) is 14.8. The van der Waals surface area contributed by atoms with E-state index in [4.69, 9.17) is 4.55 Å².